The largest absolute Gasteiger partial charge is 0.354 e. The number of nitrogens with zero attached hydrogens (tertiary/aromatic N) is 6. The number of nitriles is 2. The minimum atomic E-state index is -0.157. The Hall–Kier alpha value is -4.14. The van der Waals surface area contributed by atoms with Gasteiger partial charge in [0.15, 0.2) is 0 Å². The van der Waals surface area contributed by atoms with Crippen LogP contribution in [-0.4, -0.2) is 53.1 Å². The monoisotopic (exact) mass is 453 g/mol. The highest BCUT2D eigenvalue weighted by molar-refractivity contribution is 5.93. The molecular weight excluding hydrogens is 426 g/mol. The Kier molecular flexibility index (Phi) is 6.91. The van der Waals surface area contributed by atoms with Crippen molar-refractivity contribution >= 4 is 17.5 Å². The summed E-state index contributed by atoms with van der Waals surface area (Å²) < 4.78 is 1.93. The van der Waals surface area contributed by atoms with Gasteiger partial charge in [0.1, 0.15) is 23.8 Å². The number of pyridine rings is 1. The lowest BCUT2D eigenvalue weighted by Crippen LogP contribution is -2.37. The van der Waals surface area contributed by atoms with Gasteiger partial charge < -0.3 is 10.2 Å². The minimum absolute atomic E-state index is 0.157. The molecule has 0 bridgehead atoms. The molecular formula is C26H27N7O. The van der Waals surface area contributed by atoms with E-state index in [0.717, 1.165) is 36.5 Å². The standard InChI is InChI=1S/C26H27N7O/c1-19-20(2)33(22-9-4-3-5-10-22)26(23(19)17-28)30-24(34)18-31-12-7-13-32(15-14-31)25-21(16-27)8-6-11-29-25/h3-6,8-11H,7,12-15,18H2,1-2H3,(H,30,34). The van der Waals surface area contributed by atoms with Crippen LogP contribution in [0, 0.1) is 36.5 Å². The van der Waals surface area contributed by atoms with Gasteiger partial charge in [0.2, 0.25) is 5.91 Å². The molecule has 1 aromatic carbocycles. The molecule has 1 saturated heterocycles. The molecule has 34 heavy (non-hydrogen) atoms. The number of hydrogen-bond donors (Lipinski definition) is 1. The predicted octanol–water partition coefficient (Wildman–Crippen LogP) is 3.38. The fourth-order valence-corrected chi connectivity index (χ4v) is 4.41. The molecule has 1 fully saturated rings. The molecule has 0 atom stereocenters. The molecule has 0 unspecified atom stereocenters. The van der Waals surface area contributed by atoms with Gasteiger partial charge in [-0.1, -0.05) is 18.2 Å². The Morgan fingerprint density at radius 1 is 1.03 bits per heavy atom. The molecule has 1 aliphatic rings. The van der Waals surface area contributed by atoms with Crippen LogP contribution in [0.2, 0.25) is 0 Å². The highest BCUT2D eigenvalue weighted by Crippen LogP contribution is 2.30. The maximum absolute atomic E-state index is 13.1. The number of anilines is 2. The van der Waals surface area contributed by atoms with E-state index in [1.807, 2.05) is 48.7 Å². The van der Waals surface area contributed by atoms with Crippen LogP contribution < -0.4 is 10.2 Å². The summed E-state index contributed by atoms with van der Waals surface area (Å²) in [6.45, 7) is 6.98. The van der Waals surface area contributed by atoms with Crippen molar-refractivity contribution in [2.45, 2.75) is 20.3 Å². The Morgan fingerprint density at radius 3 is 2.56 bits per heavy atom. The molecule has 1 N–H and O–H groups in total. The number of benzene rings is 1. The molecule has 3 aromatic rings. The number of para-hydroxylation sites is 1. The predicted molar refractivity (Wildman–Crippen MR) is 131 cm³/mol. The van der Waals surface area contributed by atoms with E-state index >= 15 is 0 Å². The number of carbonyl (C=O) groups excluding carboxylic acids is 1. The number of hydrogen-bond acceptors (Lipinski definition) is 6. The molecule has 1 aliphatic heterocycles. The lowest BCUT2D eigenvalue weighted by Gasteiger charge is -2.23. The molecule has 0 saturated carbocycles. The summed E-state index contributed by atoms with van der Waals surface area (Å²) in [6, 6.07) is 17.7. The van der Waals surface area contributed by atoms with Gasteiger partial charge in [0.25, 0.3) is 0 Å². The quantitative estimate of drug-likeness (QED) is 0.636. The van der Waals surface area contributed by atoms with Gasteiger partial charge >= 0.3 is 0 Å². The van der Waals surface area contributed by atoms with Gasteiger partial charge in [-0.3, -0.25) is 14.3 Å². The summed E-state index contributed by atoms with van der Waals surface area (Å²) in [5, 5.41) is 22.2. The SMILES string of the molecule is Cc1c(C#N)c(NC(=O)CN2CCCN(c3ncccc3C#N)CC2)n(-c2ccccc2)c1C. The molecule has 0 radical (unpaired) electrons. The van der Waals surface area contributed by atoms with Crippen LogP contribution in [0.15, 0.2) is 48.7 Å². The Labute approximate surface area is 199 Å². The minimum Gasteiger partial charge on any atom is -0.354 e. The molecule has 8 nitrogen and oxygen atoms in total. The normalized spacial score (nSPS) is 14.2. The first-order valence-corrected chi connectivity index (χ1v) is 11.3. The van der Waals surface area contributed by atoms with Crippen LogP contribution in [-0.2, 0) is 4.79 Å². The molecule has 4 rings (SSSR count). The maximum atomic E-state index is 13.1. The van der Waals surface area contributed by atoms with Crippen molar-refractivity contribution < 1.29 is 4.79 Å². The molecule has 2 aromatic heterocycles. The van der Waals surface area contributed by atoms with Crippen molar-refractivity contribution in [2.75, 3.05) is 42.9 Å². The summed E-state index contributed by atoms with van der Waals surface area (Å²) >= 11 is 0. The topological polar surface area (TPSA) is 101 Å². The first-order chi connectivity index (χ1) is 16.5. The van der Waals surface area contributed by atoms with Crippen molar-refractivity contribution in [2.24, 2.45) is 0 Å². The Bertz CT molecular complexity index is 1270. The first kappa shape index (κ1) is 23.0. The van der Waals surface area contributed by atoms with E-state index in [0.29, 0.717) is 35.9 Å². The fraction of sp³-hybridized carbons (Fsp3) is 0.308. The highest BCUT2D eigenvalue weighted by atomic mass is 16.2. The zero-order valence-electron chi connectivity index (χ0n) is 19.5. The van der Waals surface area contributed by atoms with Gasteiger partial charge in [0, 0.05) is 43.8 Å². The second kappa shape index (κ2) is 10.2. The number of amides is 1. The molecule has 172 valence electrons. The number of nitrogens with one attached hydrogen (secondary N) is 1. The zero-order valence-corrected chi connectivity index (χ0v) is 19.5. The van der Waals surface area contributed by atoms with Crippen molar-refractivity contribution in [3.8, 4) is 17.8 Å². The molecule has 8 heteroatoms. The van der Waals surface area contributed by atoms with E-state index < -0.39 is 0 Å². The summed E-state index contributed by atoms with van der Waals surface area (Å²) in [6.07, 6.45) is 2.56. The smallest absolute Gasteiger partial charge is 0.239 e. The van der Waals surface area contributed by atoms with Crippen molar-refractivity contribution in [3.05, 3.63) is 71.0 Å². The average Bonchev–Trinajstić information content (AvgIpc) is 2.99. The molecule has 1 amide bonds. The van der Waals surface area contributed by atoms with Crippen LogP contribution in [0.3, 0.4) is 0 Å². The fourth-order valence-electron chi connectivity index (χ4n) is 4.41. The van der Waals surface area contributed by atoms with Gasteiger partial charge in [-0.2, -0.15) is 10.5 Å². The number of carbonyl (C=O) groups is 1. The van der Waals surface area contributed by atoms with E-state index in [1.54, 1.807) is 18.3 Å². The van der Waals surface area contributed by atoms with Crippen molar-refractivity contribution in [3.63, 3.8) is 0 Å². The lowest BCUT2D eigenvalue weighted by atomic mass is 10.2. The van der Waals surface area contributed by atoms with Crippen LogP contribution in [0.4, 0.5) is 11.6 Å². The third kappa shape index (κ3) is 4.63. The van der Waals surface area contributed by atoms with Crippen LogP contribution >= 0.6 is 0 Å². The summed E-state index contributed by atoms with van der Waals surface area (Å²) in [4.78, 5) is 21.7. The van der Waals surface area contributed by atoms with Crippen LogP contribution in [0.1, 0.15) is 28.8 Å². The van der Waals surface area contributed by atoms with E-state index in [1.165, 1.54) is 0 Å². The molecule has 3 heterocycles. The van der Waals surface area contributed by atoms with Gasteiger partial charge in [0.05, 0.1) is 17.7 Å². The summed E-state index contributed by atoms with van der Waals surface area (Å²) in [5.41, 5.74) is 3.72. The van der Waals surface area contributed by atoms with E-state index in [-0.39, 0.29) is 12.5 Å². The average molecular weight is 454 g/mol. The van der Waals surface area contributed by atoms with E-state index in [4.69, 9.17) is 0 Å². The van der Waals surface area contributed by atoms with E-state index in [2.05, 4.69) is 32.2 Å². The first-order valence-electron chi connectivity index (χ1n) is 11.3. The Morgan fingerprint density at radius 2 is 1.82 bits per heavy atom. The highest BCUT2D eigenvalue weighted by Gasteiger charge is 2.23. The third-order valence-electron chi connectivity index (χ3n) is 6.26. The van der Waals surface area contributed by atoms with E-state index in [9.17, 15) is 15.3 Å². The lowest BCUT2D eigenvalue weighted by molar-refractivity contribution is -0.117. The van der Waals surface area contributed by atoms with Gasteiger partial charge in [-0.05, 0) is 50.1 Å². The summed E-state index contributed by atoms with van der Waals surface area (Å²) in [5.74, 6) is 1.05. The summed E-state index contributed by atoms with van der Waals surface area (Å²) in [7, 11) is 0. The second-order valence-electron chi connectivity index (χ2n) is 8.37. The van der Waals surface area contributed by atoms with Crippen molar-refractivity contribution in [1.82, 2.24) is 14.5 Å². The second-order valence-corrected chi connectivity index (χ2v) is 8.37. The third-order valence-corrected chi connectivity index (χ3v) is 6.26. The number of aromatic nitrogens is 2. The molecule has 0 aliphatic carbocycles. The number of rotatable bonds is 5. The maximum Gasteiger partial charge on any atom is 0.239 e. The van der Waals surface area contributed by atoms with Crippen LogP contribution in [0.25, 0.3) is 5.69 Å². The molecule has 0 spiro atoms. The van der Waals surface area contributed by atoms with Gasteiger partial charge in [-0.25, -0.2) is 4.98 Å². The Balaban J connectivity index is 1.48. The van der Waals surface area contributed by atoms with Crippen LogP contribution in [0.5, 0.6) is 0 Å². The zero-order chi connectivity index (χ0) is 24.1. The van der Waals surface area contributed by atoms with Crippen molar-refractivity contribution in [1.29, 1.82) is 10.5 Å². The van der Waals surface area contributed by atoms with Gasteiger partial charge in [-0.15, -0.1) is 0 Å².